The number of imide groups is 1. The van der Waals surface area contributed by atoms with Crippen LogP contribution in [0, 0.1) is 13.8 Å². The molecule has 0 bridgehead atoms. The van der Waals surface area contributed by atoms with Crippen molar-refractivity contribution >= 4 is 41.8 Å². The molecule has 1 unspecified atom stereocenters. The zero-order chi connectivity index (χ0) is 29.1. The number of aromatic amines is 1. The van der Waals surface area contributed by atoms with Gasteiger partial charge in [-0.05, 0) is 57.4 Å². The molecule has 1 aromatic heterocycles. The van der Waals surface area contributed by atoms with Crippen molar-refractivity contribution in [3.8, 4) is 0 Å². The topological polar surface area (TPSA) is 185 Å². The number of aromatic nitrogens is 1. The van der Waals surface area contributed by atoms with Gasteiger partial charge in [-0.25, -0.2) is 19.5 Å². The predicted molar refractivity (Wildman–Crippen MR) is 143 cm³/mol. The van der Waals surface area contributed by atoms with Gasteiger partial charge in [0.15, 0.2) is 0 Å². The van der Waals surface area contributed by atoms with Gasteiger partial charge in [0.25, 0.3) is 11.8 Å². The van der Waals surface area contributed by atoms with Gasteiger partial charge in [-0.15, -0.1) is 0 Å². The second-order valence-electron chi connectivity index (χ2n) is 8.51. The van der Waals surface area contributed by atoms with Crippen LogP contribution in [0.3, 0.4) is 0 Å². The lowest BCUT2D eigenvalue weighted by molar-refractivity contribution is -0.154. The van der Waals surface area contributed by atoms with Gasteiger partial charge in [0, 0.05) is 24.8 Å². The number of H-pyrrole nitrogens is 1. The van der Waals surface area contributed by atoms with E-state index in [1.165, 1.54) is 13.1 Å². The van der Waals surface area contributed by atoms with E-state index in [9.17, 15) is 24.0 Å². The van der Waals surface area contributed by atoms with E-state index >= 15 is 0 Å². The summed E-state index contributed by atoms with van der Waals surface area (Å²) in [5.41, 5.74) is 8.96. The van der Waals surface area contributed by atoms with E-state index in [2.05, 4.69) is 20.6 Å². The summed E-state index contributed by atoms with van der Waals surface area (Å²) in [6, 6.07) is 4.15. The first kappa shape index (κ1) is 30.5. The number of hydrogen-bond donors (Lipinski definition) is 4. The number of benzene rings is 1. The van der Waals surface area contributed by atoms with Crippen molar-refractivity contribution < 1.29 is 33.4 Å². The summed E-state index contributed by atoms with van der Waals surface area (Å²) in [5, 5.41) is 4.95. The van der Waals surface area contributed by atoms with Crippen molar-refractivity contribution in [3.05, 3.63) is 52.3 Å². The molecule has 0 saturated heterocycles. The van der Waals surface area contributed by atoms with Gasteiger partial charge >= 0.3 is 12.1 Å². The normalized spacial score (nSPS) is 11.8. The van der Waals surface area contributed by atoms with Crippen LogP contribution in [0.15, 0.2) is 29.4 Å². The van der Waals surface area contributed by atoms with Gasteiger partial charge in [-0.2, -0.15) is 0 Å². The van der Waals surface area contributed by atoms with Crippen LogP contribution >= 0.6 is 0 Å². The summed E-state index contributed by atoms with van der Waals surface area (Å²) in [7, 11) is 0. The SMILES string of the molecule is CCCN(C(=O)OCOC(=O)C(C)NC=O)C(=O)c1c[nH]c(C(N)=Nc2cc(C(=O)NCC)ccc2C)c1C. The van der Waals surface area contributed by atoms with Crippen molar-refractivity contribution in [3.63, 3.8) is 0 Å². The van der Waals surface area contributed by atoms with Gasteiger partial charge in [-0.3, -0.25) is 14.4 Å². The van der Waals surface area contributed by atoms with Crippen LogP contribution in [-0.2, 0) is 19.1 Å². The zero-order valence-corrected chi connectivity index (χ0v) is 22.6. The van der Waals surface area contributed by atoms with Crippen LogP contribution in [0.4, 0.5) is 10.5 Å². The first-order valence-electron chi connectivity index (χ1n) is 12.3. The highest BCUT2D eigenvalue weighted by molar-refractivity contribution is 6.07. The average molecular weight is 543 g/mol. The molecule has 210 valence electrons. The average Bonchev–Trinajstić information content (AvgIpc) is 3.29. The molecule has 2 rings (SSSR count). The van der Waals surface area contributed by atoms with E-state index < -0.39 is 30.8 Å². The summed E-state index contributed by atoms with van der Waals surface area (Å²) >= 11 is 0. The van der Waals surface area contributed by atoms with E-state index in [4.69, 9.17) is 15.2 Å². The Morgan fingerprint density at radius 2 is 1.90 bits per heavy atom. The lowest BCUT2D eigenvalue weighted by Crippen LogP contribution is -2.39. The number of carbonyl (C=O) groups excluding carboxylic acids is 5. The molecule has 0 aliphatic heterocycles. The fraction of sp³-hybridized carbons (Fsp3) is 0.385. The second kappa shape index (κ2) is 14.3. The number of ether oxygens (including phenoxy) is 2. The number of nitrogens with zero attached hydrogens (tertiary/aromatic N) is 2. The lowest BCUT2D eigenvalue weighted by Gasteiger charge is -2.20. The number of nitrogens with one attached hydrogen (secondary N) is 3. The summed E-state index contributed by atoms with van der Waals surface area (Å²) in [5.74, 6) is -1.61. The van der Waals surface area contributed by atoms with Gasteiger partial charge in [0.2, 0.25) is 13.2 Å². The molecule has 13 nitrogen and oxygen atoms in total. The van der Waals surface area contributed by atoms with Gasteiger partial charge in [0.1, 0.15) is 11.9 Å². The van der Waals surface area contributed by atoms with Gasteiger partial charge in [-0.1, -0.05) is 13.0 Å². The summed E-state index contributed by atoms with van der Waals surface area (Å²) in [6.07, 6.45) is 1.19. The molecule has 1 atom stereocenters. The maximum Gasteiger partial charge on any atom is 0.419 e. The van der Waals surface area contributed by atoms with Crippen molar-refractivity contribution in [2.24, 2.45) is 10.7 Å². The van der Waals surface area contributed by atoms with Crippen LogP contribution in [0.2, 0.25) is 0 Å². The summed E-state index contributed by atoms with van der Waals surface area (Å²) in [6.45, 7) is 8.27. The maximum absolute atomic E-state index is 13.2. The quantitative estimate of drug-likeness (QED) is 0.103. The molecule has 0 fully saturated rings. The molecule has 1 aromatic carbocycles. The fourth-order valence-corrected chi connectivity index (χ4v) is 3.46. The number of carbonyl (C=O) groups is 5. The van der Waals surface area contributed by atoms with E-state index in [0.717, 1.165) is 10.5 Å². The van der Waals surface area contributed by atoms with Gasteiger partial charge < -0.3 is 30.8 Å². The third-order valence-electron chi connectivity index (χ3n) is 5.64. The maximum atomic E-state index is 13.2. The van der Waals surface area contributed by atoms with Gasteiger partial charge in [0.05, 0.1) is 16.9 Å². The minimum absolute atomic E-state index is 0.0457. The summed E-state index contributed by atoms with van der Waals surface area (Å²) in [4.78, 5) is 68.5. The van der Waals surface area contributed by atoms with Crippen LogP contribution in [-0.4, -0.2) is 71.9 Å². The van der Waals surface area contributed by atoms with E-state index in [1.54, 1.807) is 32.0 Å². The monoisotopic (exact) mass is 542 g/mol. The number of aliphatic imine (C=N–C) groups is 1. The molecule has 0 aliphatic rings. The Bertz CT molecular complexity index is 1250. The number of nitrogens with two attached hydrogens (primary N) is 1. The highest BCUT2D eigenvalue weighted by Gasteiger charge is 2.27. The number of amidine groups is 1. The molecule has 39 heavy (non-hydrogen) atoms. The molecular weight excluding hydrogens is 508 g/mol. The highest BCUT2D eigenvalue weighted by Crippen LogP contribution is 2.23. The number of hydrogen-bond acceptors (Lipinski definition) is 8. The van der Waals surface area contributed by atoms with Crippen molar-refractivity contribution in [2.75, 3.05) is 19.9 Å². The number of esters is 1. The molecule has 2 aromatic rings. The molecule has 0 radical (unpaired) electrons. The lowest BCUT2D eigenvalue weighted by atomic mass is 10.1. The Labute approximate surface area is 226 Å². The summed E-state index contributed by atoms with van der Waals surface area (Å²) < 4.78 is 9.75. The Hall–Kier alpha value is -4.68. The van der Waals surface area contributed by atoms with Crippen molar-refractivity contribution in [2.45, 2.75) is 47.1 Å². The van der Waals surface area contributed by atoms with Crippen LogP contribution < -0.4 is 16.4 Å². The standard InChI is InChI=1S/C26H34N6O7/c1-6-10-32(26(37)39-14-38-25(36)17(5)30-13-33)24(35)19-12-29-21(16(19)4)22(27)31-20-11-18(9-8-15(20)3)23(34)28-7-2/h8-9,11-13,17,29H,6-7,10,14H2,1-5H3,(H2,27,31)(H,28,34)(H,30,33). The zero-order valence-electron chi connectivity index (χ0n) is 22.6. The molecule has 4 amide bonds. The molecule has 0 spiro atoms. The minimum atomic E-state index is -1.01. The van der Waals surface area contributed by atoms with E-state index in [-0.39, 0.29) is 23.9 Å². The molecule has 5 N–H and O–H groups in total. The first-order valence-corrected chi connectivity index (χ1v) is 12.3. The first-order chi connectivity index (χ1) is 18.5. The molecule has 13 heteroatoms. The van der Waals surface area contributed by atoms with Crippen LogP contribution in [0.5, 0.6) is 0 Å². The number of rotatable bonds is 12. The molecule has 0 aliphatic carbocycles. The molecule has 0 saturated carbocycles. The van der Waals surface area contributed by atoms with E-state index in [1.807, 2.05) is 13.8 Å². The third-order valence-corrected chi connectivity index (χ3v) is 5.64. The third kappa shape index (κ3) is 7.90. The molecule has 1 heterocycles. The Morgan fingerprint density at radius 1 is 1.18 bits per heavy atom. The van der Waals surface area contributed by atoms with Crippen LogP contribution in [0.25, 0.3) is 0 Å². The van der Waals surface area contributed by atoms with Crippen molar-refractivity contribution in [1.29, 1.82) is 0 Å². The predicted octanol–water partition coefficient (Wildman–Crippen LogP) is 2.04. The van der Waals surface area contributed by atoms with E-state index in [0.29, 0.717) is 41.9 Å². The second-order valence-corrected chi connectivity index (χ2v) is 8.51. The van der Waals surface area contributed by atoms with Crippen molar-refractivity contribution in [1.82, 2.24) is 20.5 Å². The fourth-order valence-electron chi connectivity index (χ4n) is 3.46. The minimum Gasteiger partial charge on any atom is -0.426 e. The Balaban J connectivity index is 2.22. The Kier molecular flexibility index (Phi) is 11.2. The number of aryl methyl sites for hydroxylation is 1. The Morgan fingerprint density at radius 3 is 2.54 bits per heavy atom. The smallest absolute Gasteiger partial charge is 0.419 e. The highest BCUT2D eigenvalue weighted by atomic mass is 16.7. The molecular formula is C26H34N6O7. The number of amides is 4. The largest absolute Gasteiger partial charge is 0.426 e. The van der Waals surface area contributed by atoms with Crippen LogP contribution in [0.1, 0.15) is 64.7 Å².